The van der Waals surface area contributed by atoms with Gasteiger partial charge in [-0.05, 0) is 66.5 Å². The lowest BCUT2D eigenvalue weighted by molar-refractivity contribution is 0.173. The van der Waals surface area contributed by atoms with Gasteiger partial charge in [0.05, 0.1) is 0 Å². The van der Waals surface area contributed by atoms with E-state index >= 15 is 0 Å². The Labute approximate surface area is 210 Å². The number of ether oxygens (including phenoxy) is 4. The second-order valence-corrected chi connectivity index (χ2v) is 9.40. The number of carbonyl (C=O) groups excluding carboxylic acids is 2. The Morgan fingerprint density at radius 2 is 1.14 bits per heavy atom. The number of amides is 4. The van der Waals surface area contributed by atoms with Gasteiger partial charge in [-0.25, -0.2) is 9.59 Å². The van der Waals surface area contributed by atoms with E-state index < -0.39 is 0 Å². The molecule has 2 atom stereocenters. The summed E-state index contributed by atoms with van der Waals surface area (Å²) in [6.45, 7) is 2.55. The summed E-state index contributed by atoms with van der Waals surface area (Å²) in [5, 5.41) is 11.8. The predicted octanol–water partition coefficient (Wildman–Crippen LogP) is 3.25. The molecule has 10 heteroatoms. The molecule has 5 rings (SSSR count). The van der Waals surface area contributed by atoms with Crippen molar-refractivity contribution in [3.63, 3.8) is 0 Å². The third-order valence-corrected chi connectivity index (χ3v) is 6.77. The Morgan fingerprint density at radius 3 is 1.64 bits per heavy atom. The number of urea groups is 2. The maximum absolute atomic E-state index is 12.3. The van der Waals surface area contributed by atoms with E-state index in [2.05, 4.69) is 21.3 Å². The third kappa shape index (κ3) is 6.24. The van der Waals surface area contributed by atoms with Gasteiger partial charge in [0.2, 0.25) is 13.6 Å². The lowest BCUT2D eigenvalue weighted by Crippen LogP contribution is -2.41. The second-order valence-electron chi connectivity index (χ2n) is 9.40. The second kappa shape index (κ2) is 11.3. The molecule has 2 unspecified atom stereocenters. The molecule has 2 heterocycles. The molecule has 0 spiro atoms. The summed E-state index contributed by atoms with van der Waals surface area (Å²) in [4.78, 5) is 24.6. The number of nitrogens with one attached hydrogen (secondary N) is 4. The normalized spacial score (nSPS) is 19.4. The SMILES string of the molecule is O=C(NCc1ccc2c(c1)OCO2)NCC1CCCC(CNC(=O)NCc2ccc3c(c2)OCO3)C1. The first-order valence-electron chi connectivity index (χ1n) is 12.4. The van der Waals surface area contributed by atoms with E-state index in [-0.39, 0.29) is 25.6 Å². The van der Waals surface area contributed by atoms with Crippen LogP contribution in [0.3, 0.4) is 0 Å². The van der Waals surface area contributed by atoms with E-state index in [9.17, 15) is 9.59 Å². The van der Waals surface area contributed by atoms with Crippen molar-refractivity contribution in [3.8, 4) is 23.0 Å². The highest BCUT2D eigenvalue weighted by Gasteiger charge is 2.23. The molecule has 192 valence electrons. The third-order valence-electron chi connectivity index (χ3n) is 6.77. The summed E-state index contributed by atoms with van der Waals surface area (Å²) >= 11 is 0. The van der Waals surface area contributed by atoms with Crippen LogP contribution in [-0.2, 0) is 13.1 Å². The smallest absolute Gasteiger partial charge is 0.315 e. The van der Waals surface area contributed by atoms with Gasteiger partial charge in [-0.2, -0.15) is 0 Å². The minimum Gasteiger partial charge on any atom is -0.454 e. The maximum atomic E-state index is 12.3. The van der Waals surface area contributed by atoms with Gasteiger partial charge < -0.3 is 40.2 Å². The van der Waals surface area contributed by atoms with E-state index in [4.69, 9.17) is 18.9 Å². The minimum atomic E-state index is -0.184. The van der Waals surface area contributed by atoms with Crippen LogP contribution in [0.5, 0.6) is 23.0 Å². The molecule has 10 nitrogen and oxygen atoms in total. The van der Waals surface area contributed by atoms with Crippen molar-refractivity contribution >= 4 is 12.1 Å². The van der Waals surface area contributed by atoms with Gasteiger partial charge in [-0.3, -0.25) is 0 Å². The number of hydrogen-bond acceptors (Lipinski definition) is 6. The van der Waals surface area contributed by atoms with Crippen molar-refractivity contribution in [3.05, 3.63) is 47.5 Å². The first kappa shape index (κ1) is 23.9. The summed E-state index contributed by atoms with van der Waals surface area (Å²) < 4.78 is 21.4. The molecule has 0 bridgehead atoms. The lowest BCUT2D eigenvalue weighted by atomic mass is 9.81. The Hall–Kier alpha value is -3.82. The molecule has 0 aromatic heterocycles. The van der Waals surface area contributed by atoms with Gasteiger partial charge in [0, 0.05) is 26.2 Å². The van der Waals surface area contributed by atoms with E-state index in [1.54, 1.807) is 0 Å². The lowest BCUT2D eigenvalue weighted by Gasteiger charge is -2.29. The topological polar surface area (TPSA) is 119 Å². The van der Waals surface area contributed by atoms with Crippen molar-refractivity contribution in [2.45, 2.75) is 38.8 Å². The van der Waals surface area contributed by atoms with Crippen LogP contribution in [0.1, 0.15) is 36.8 Å². The average Bonchev–Trinajstić information content (AvgIpc) is 3.57. The van der Waals surface area contributed by atoms with Crippen LogP contribution in [0, 0.1) is 11.8 Å². The average molecular weight is 497 g/mol. The fourth-order valence-electron chi connectivity index (χ4n) is 4.84. The summed E-state index contributed by atoms with van der Waals surface area (Å²) in [6, 6.07) is 10.9. The molecule has 1 fully saturated rings. The fraction of sp³-hybridized carbons (Fsp3) is 0.462. The van der Waals surface area contributed by atoms with Crippen LogP contribution in [0.4, 0.5) is 9.59 Å². The Kier molecular flexibility index (Phi) is 7.49. The number of hydrogen-bond donors (Lipinski definition) is 4. The van der Waals surface area contributed by atoms with Gasteiger partial charge >= 0.3 is 12.1 Å². The van der Waals surface area contributed by atoms with Crippen LogP contribution < -0.4 is 40.2 Å². The van der Waals surface area contributed by atoms with Crippen molar-refractivity contribution in [1.82, 2.24) is 21.3 Å². The zero-order valence-electron chi connectivity index (χ0n) is 20.1. The van der Waals surface area contributed by atoms with E-state index in [1.165, 1.54) is 0 Å². The molecule has 0 radical (unpaired) electrons. The highest BCUT2D eigenvalue weighted by molar-refractivity contribution is 5.74. The molecule has 2 aliphatic heterocycles. The molecule has 4 N–H and O–H groups in total. The molecule has 2 aromatic rings. The summed E-state index contributed by atoms with van der Waals surface area (Å²) in [6.07, 6.45) is 4.23. The first-order chi connectivity index (χ1) is 17.6. The van der Waals surface area contributed by atoms with E-state index in [0.29, 0.717) is 49.5 Å². The zero-order chi connectivity index (χ0) is 24.7. The Balaban J connectivity index is 0.972. The van der Waals surface area contributed by atoms with Gasteiger partial charge in [0.15, 0.2) is 23.0 Å². The largest absolute Gasteiger partial charge is 0.454 e. The molecular formula is C26H32N4O6. The highest BCUT2D eigenvalue weighted by Crippen LogP contribution is 2.33. The molecule has 4 amide bonds. The fourth-order valence-corrected chi connectivity index (χ4v) is 4.84. The molecule has 2 aromatic carbocycles. The number of benzene rings is 2. The molecule has 0 saturated heterocycles. The van der Waals surface area contributed by atoms with Crippen molar-refractivity contribution in [2.75, 3.05) is 26.7 Å². The van der Waals surface area contributed by atoms with Crippen molar-refractivity contribution in [2.24, 2.45) is 11.8 Å². The molecule has 1 aliphatic carbocycles. The van der Waals surface area contributed by atoms with Crippen LogP contribution in [0.25, 0.3) is 0 Å². The predicted molar refractivity (Wildman–Crippen MR) is 131 cm³/mol. The van der Waals surface area contributed by atoms with Crippen LogP contribution in [0.15, 0.2) is 36.4 Å². The summed E-state index contributed by atoms with van der Waals surface area (Å²) in [5.74, 6) is 3.67. The van der Waals surface area contributed by atoms with Gasteiger partial charge in [0.25, 0.3) is 0 Å². The van der Waals surface area contributed by atoms with E-state index in [1.807, 2.05) is 36.4 Å². The Bertz CT molecular complexity index is 1010. The molecule has 36 heavy (non-hydrogen) atoms. The Morgan fingerprint density at radius 1 is 0.667 bits per heavy atom. The maximum Gasteiger partial charge on any atom is 0.315 e. The number of rotatable bonds is 8. The monoisotopic (exact) mass is 496 g/mol. The number of fused-ring (bicyclic) bond motifs is 2. The van der Waals surface area contributed by atoms with Crippen molar-refractivity contribution in [1.29, 1.82) is 0 Å². The standard InChI is InChI=1S/C26H32N4O6/c31-25(29-13-19-4-6-21-23(9-19)35-15-33-21)27-11-17-2-1-3-18(8-17)12-28-26(32)30-14-20-5-7-22-24(10-20)36-16-34-22/h4-7,9-10,17-18H,1-3,8,11-16H2,(H2,27,29,31)(H2,28,30,32). The molecule has 3 aliphatic rings. The summed E-state index contributed by atoms with van der Waals surface area (Å²) in [7, 11) is 0. The first-order valence-corrected chi connectivity index (χ1v) is 12.4. The zero-order valence-corrected chi connectivity index (χ0v) is 20.1. The van der Waals surface area contributed by atoms with Crippen LogP contribution >= 0.6 is 0 Å². The quantitative estimate of drug-likeness (QED) is 0.446. The molecule has 1 saturated carbocycles. The number of carbonyl (C=O) groups is 2. The van der Waals surface area contributed by atoms with Gasteiger partial charge in [0.1, 0.15) is 0 Å². The van der Waals surface area contributed by atoms with Gasteiger partial charge in [-0.1, -0.05) is 18.6 Å². The highest BCUT2D eigenvalue weighted by atomic mass is 16.7. The minimum absolute atomic E-state index is 0.184. The van der Waals surface area contributed by atoms with Crippen molar-refractivity contribution < 1.29 is 28.5 Å². The molecular weight excluding hydrogens is 464 g/mol. The summed E-state index contributed by atoms with van der Waals surface area (Å²) in [5.41, 5.74) is 1.91. The van der Waals surface area contributed by atoms with Gasteiger partial charge in [-0.15, -0.1) is 0 Å². The van der Waals surface area contributed by atoms with Crippen LogP contribution in [0.2, 0.25) is 0 Å². The van der Waals surface area contributed by atoms with Crippen LogP contribution in [-0.4, -0.2) is 38.7 Å². The van der Waals surface area contributed by atoms with E-state index in [0.717, 1.165) is 48.3 Å².